The molecule has 0 aliphatic rings. The summed E-state index contributed by atoms with van der Waals surface area (Å²) in [5.41, 5.74) is 1.87. The molecule has 186 valence electrons. The predicted octanol–water partition coefficient (Wildman–Crippen LogP) is 7.63. The van der Waals surface area contributed by atoms with E-state index >= 15 is 0 Å². The number of nitro benzene ring substituents is 1. The Kier molecular flexibility index (Phi) is 8.45. The van der Waals surface area contributed by atoms with E-state index in [2.05, 4.69) is 10.6 Å². The van der Waals surface area contributed by atoms with Crippen LogP contribution in [0.3, 0.4) is 0 Å². The summed E-state index contributed by atoms with van der Waals surface area (Å²) in [5, 5.41) is 16.8. The van der Waals surface area contributed by atoms with Crippen LogP contribution in [0.25, 0.3) is 0 Å². The van der Waals surface area contributed by atoms with Crippen molar-refractivity contribution in [3.05, 3.63) is 128 Å². The first-order valence-corrected chi connectivity index (χ1v) is 12.6. The van der Waals surface area contributed by atoms with Crippen LogP contribution >= 0.6 is 35.0 Å². The number of nitrogens with zero attached hydrogens (tertiary/aromatic N) is 1. The van der Waals surface area contributed by atoms with Gasteiger partial charge in [-0.15, -0.1) is 11.8 Å². The molecule has 0 saturated heterocycles. The Morgan fingerprint density at radius 2 is 1.49 bits per heavy atom. The van der Waals surface area contributed by atoms with Crippen LogP contribution in [0.15, 0.2) is 102 Å². The molecule has 0 heterocycles. The standard InChI is InChI=1S/C27H19Cl2N3O4S/c28-23-14-11-20(16-24(23)29)31-27(34)25(17-5-2-1-3-6-17)37-22-12-9-19(10-13-22)30-26(33)18-7-4-8-21(15-18)32(35)36/h1-16,25H,(H,30,33)(H,31,34). The highest BCUT2D eigenvalue weighted by atomic mass is 35.5. The molecule has 2 amide bonds. The van der Waals surface area contributed by atoms with Gasteiger partial charge in [-0.05, 0) is 54.1 Å². The average molecular weight is 552 g/mol. The number of hydrogen-bond donors (Lipinski definition) is 2. The van der Waals surface area contributed by atoms with Crippen LogP contribution in [0, 0.1) is 10.1 Å². The maximum atomic E-state index is 13.2. The lowest BCUT2D eigenvalue weighted by Gasteiger charge is -2.17. The van der Waals surface area contributed by atoms with E-state index in [9.17, 15) is 19.7 Å². The summed E-state index contributed by atoms with van der Waals surface area (Å²) in [6, 6.07) is 26.7. The third-order valence-corrected chi connectivity index (χ3v) is 7.22. The van der Waals surface area contributed by atoms with Gasteiger partial charge in [0.15, 0.2) is 0 Å². The summed E-state index contributed by atoms with van der Waals surface area (Å²) in [7, 11) is 0. The van der Waals surface area contributed by atoms with Crippen LogP contribution in [-0.2, 0) is 4.79 Å². The Labute approximate surface area is 227 Å². The first-order valence-electron chi connectivity index (χ1n) is 10.9. The molecule has 0 spiro atoms. The molecule has 4 aromatic carbocycles. The zero-order valence-electron chi connectivity index (χ0n) is 19.1. The highest BCUT2D eigenvalue weighted by Gasteiger charge is 2.22. The minimum Gasteiger partial charge on any atom is -0.325 e. The highest BCUT2D eigenvalue weighted by Crippen LogP contribution is 2.37. The number of amides is 2. The predicted molar refractivity (Wildman–Crippen MR) is 148 cm³/mol. The summed E-state index contributed by atoms with van der Waals surface area (Å²) in [4.78, 5) is 37.0. The van der Waals surface area contributed by atoms with E-state index in [1.807, 2.05) is 30.3 Å². The topological polar surface area (TPSA) is 101 Å². The monoisotopic (exact) mass is 551 g/mol. The Morgan fingerprint density at radius 3 is 2.16 bits per heavy atom. The van der Waals surface area contributed by atoms with Crippen molar-refractivity contribution in [2.45, 2.75) is 10.1 Å². The fraction of sp³-hybridized carbons (Fsp3) is 0.0370. The summed E-state index contributed by atoms with van der Waals surface area (Å²) >= 11 is 13.4. The molecule has 37 heavy (non-hydrogen) atoms. The van der Waals surface area contributed by atoms with Crippen molar-refractivity contribution in [2.24, 2.45) is 0 Å². The van der Waals surface area contributed by atoms with Crippen LogP contribution in [0.1, 0.15) is 21.2 Å². The second-order valence-corrected chi connectivity index (χ2v) is 9.81. The number of nitrogens with one attached hydrogen (secondary N) is 2. The molecule has 0 radical (unpaired) electrons. The molecule has 4 aromatic rings. The smallest absolute Gasteiger partial charge is 0.270 e. The zero-order valence-corrected chi connectivity index (χ0v) is 21.4. The molecule has 0 saturated carbocycles. The minimum absolute atomic E-state index is 0.162. The molecule has 2 N–H and O–H groups in total. The van der Waals surface area contributed by atoms with Gasteiger partial charge < -0.3 is 10.6 Å². The summed E-state index contributed by atoms with van der Waals surface area (Å²) in [5.74, 6) is -0.704. The molecule has 1 atom stereocenters. The van der Waals surface area contributed by atoms with Gasteiger partial charge in [-0.1, -0.05) is 59.6 Å². The number of nitro groups is 1. The number of halogens is 2. The molecular weight excluding hydrogens is 533 g/mol. The third-order valence-electron chi connectivity index (χ3n) is 5.21. The van der Waals surface area contributed by atoms with E-state index in [-0.39, 0.29) is 17.2 Å². The molecule has 0 fully saturated rings. The quantitative estimate of drug-likeness (QED) is 0.133. The van der Waals surface area contributed by atoms with Crippen molar-refractivity contribution in [3.8, 4) is 0 Å². The van der Waals surface area contributed by atoms with Gasteiger partial charge in [-0.3, -0.25) is 19.7 Å². The lowest BCUT2D eigenvalue weighted by Crippen LogP contribution is -2.19. The molecule has 0 aliphatic carbocycles. The molecule has 1 unspecified atom stereocenters. The van der Waals surface area contributed by atoms with Crippen LogP contribution < -0.4 is 10.6 Å². The van der Waals surface area contributed by atoms with E-state index in [4.69, 9.17) is 23.2 Å². The first-order chi connectivity index (χ1) is 17.8. The molecular formula is C27H19Cl2N3O4S. The van der Waals surface area contributed by atoms with Gasteiger partial charge in [-0.25, -0.2) is 0 Å². The molecule has 7 nitrogen and oxygen atoms in total. The number of carbonyl (C=O) groups is 2. The number of hydrogen-bond acceptors (Lipinski definition) is 5. The Balaban J connectivity index is 1.48. The SMILES string of the molecule is O=C(Nc1ccc(SC(C(=O)Nc2ccc(Cl)c(Cl)c2)c2ccccc2)cc1)c1cccc([N+](=O)[O-])c1. The minimum atomic E-state index is -0.569. The molecule has 0 bridgehead atoms. The normalized spacial score (nSPS) is 11.4. The summed E-state index contributed by atoms with van der Waals surface area (Å²) in [6.07, 6.45) is 0. The van der Waals surface area contributed by atoms with Gasteiger partial charge in [0.2, 0.25) is 5.91 Å². The largest absolute Gasteiger partial charge is 0.325 e. The van der Waals surface area contributed by atoms with Gasteiger partial charge in [0.1, 0.15) is 5.25 Å². The van der Waals surface area contributed by atoms with Crippen molar-refractivity contribution in [1.82, 2.24) is 0 Å². The Hall–Kier alpha value is -3.85. The lowest BCUT2D eigenvalue weighted by atomic mass is 10.1. The van der Waals surface area contributed by atoms with Gasteiger partial charge in [-0.2, -0.15) is 0 Å². The second-order valence-electron chi connectivity index (χ2n) is 7.81. The van der Waals surface area contributed by atoms with Gasteiger partial charge in [0.05, 0.1) is 15.0 Å². The Morgan fingerprint density at radius 1 is 0.784 bits per heavy atom. The van der Waals surface area contributed by atoms with Gasteiger partial charge in [0.25, 0.3) is 11.6 Å². The van der Waals surface area contributed by atoms with Crippen LogP contribution in [0.5, 0.6) is 0 Å². The van der Waals surface area contributed by atoms with E-state index in [1.165, 1.54) is 36.0 Å². The number of thioether (sulfide) groups is 1. The first kappa shape index (κ1) is 26.2. The number of carbonyl (C=O) groups excluding carboxylic acids is 2. The molecule has 0 aromatic heterocycles. The Bertz CT molecular complexity index is 1450. The van der Waals surface area contributed by atoms with Crippen molar-refractivity contribution >= 4 is 63.8 Å². The van der Waals surface area contributed by atoms with Crippen molar-refractivity contribution in [3.63, 3.8) is 0 Å². The molecule has 4 rings (SSSR count). The fourth-order valence-electron chi connectivity index (χ4n) is 3.40. The maximum Gasteiger partial charge on any atom is 0.270 e. The third kappa shape index (κ3) is 6.89. The van der Waals surface area contributed by atoms with Crippen molar-refractivity contribution in [2.75, 3.05) is 10.6 Å². The van der Waals surface area contributed by atoms with Crippen LogP contribution in [0.2, 0.25) is 10.0 Å². The molecule has 10 heteroatoms. The van der Waals surface area contributed by atoms with Gasteiger partial charge >= 0.3 is 0 Å². The van der Waals surface area contributed by atoms with Crippen molar-refractivity contribution in [1.29, 1.82) is 0 Å². The van der Waals surface area contributed by atoms with E-state index in [0.717, 1.165) is 10.5 Å². The van der Waals surface area contributed by atoms with Crippen LogP contribution in [0.4, 0.5) is 17.1 Å². The number of rotatable bonds is 8. The second kappa shape index (κ2) is 11.9. The van der Waals surface area contributed by atoms with E-state index in [0.29, 0.717) is 21.4 Å². The summed E-state index contributed by atoms with van der Waals surface area (Å²) < 4.78 is 0. The average Bonchev–Trinajstić information content (AvgIpc) is 2.90. The highest BCUT2D eigenvalue weighted by molar-refractivity contribution is 8.00. The van der Waals surface area contributed by atoms with E-state index < -0.39 is 16.1 Å². The van der Waals surface area contributed by atoms with Gasteiger partial charge in [0, 0.05) is 34.0 Å². The molecule has 0 aliphatic heterocycles. The van der Waals surface area contributed by atoms with Crippen LogP contribution in [-0.4, -0.2) is 16.7 Å². The van der Waals surface area contributed by atoms with Crippen molar-refractivity contribution < 1.29 is 14.5 Å². The fourth-order valence-corrected chi connectivity index (χ4v) is 4.72. The summed E-state index contributed by atoms with van der Waals surface area (Å²) in [6.45, 7) is 0. The van der Waals surface area contributed by atoms with E-state index in [1.54, 1.807) is 42.5 Å². The number of benzene rings is 4. The zero-order chi connectivity index (χ0) is 26.4. The lowest BCUT2D eigenvalue weighted by molar-refractivity contribution is -0.384. The number of non-ortho nitro benzene ring substituents is 1. The number of anilines is 2. The maximum absolute atomic E-state index is 13.2.